The van der Waals surface area contributed by atoms with Crippen LogP contribution in [0.5, 0.6) is 0 Å². The Kier molecular flexibility index (Phi) is 5.01. The molecular weight excluding hydrogens is 244 g/mol. The van der Waals surface area contributed by atoms with E-state index in [0.29, 0.717) is 5.69 Å². The number of terminal acetylenes is 1. The number of hydrogen-bond donors (Lipinski definition) is 0. The van der Waals surface area contributed by atoms with E-state index in [-0.39, 0.29) is 0 Å². The normalized spacial score (nSPS) is 10.4. The molecule has 1 aromatic heterocycles. The third-order valence-corrected chi connectivity index (χ3v) is 3.53. The fourth-order valence-electron chi connectivity index (χ4n) is 2.43. The molecule has 0 bridgehead atoms. The second kappa shape index (κ2) is 6.96. The monoisotopic (exact) mass is 266 g/mol. The van der Waals surface area contributed by atoms with Crippen molar-refractivity contribution in [2.24, 2.45) is 7.05 Å². The molecule has 0 N–H and O–H groups in total. The van der Waals surface area contributed by atoms with Crippen LogP contribution in [0.3, 0.4) is 0 Å². The standard InChI is InChI=1S/C18H22N2/c1-4-6-7-8-10-15-11-9-12-16(13-15)18-19-17(5-2)14-20(18)3/h2,9,11-14H,4,6-8,10H2,1,3H3. The van der Waals surface area contributed by atoms with Gasteiger partial charge in [-0.2, -0.15) is 0 Å². The van der Waals surface area contributed by atoms with Crippen molar-refractivity contribution in [3.8, 4) is 23.7 Å². The highest BCUT2D eigenvalue weighted by molar-refractivity contribution is 5.58. The highest BCUT2D eigenvalue weighted by Crippen LogP contribution is 2.20. The molecule has 0 aliphatic heterocycles. The van der Waals surface area contributed by atoms with Crippen LogP contribution in [-0.4, -0.2) is 9.55 Å². The van der Waals surface area contributed by atoms with E-state index in [1.54, 1.807) is 0 Å². The average molecular weight is 266 g/mol. The summed E-state index contributed by atoms with van der Waals surface area (Å²) in [6.45, 7) is 2.24. The van der Waals surface area contributed by atoms with E-state index in [0.717, 1.165) is 17.8 Å². The van der Waals surface area contributed by atoms with E-state index in [2.05, 4.69) is 42.1 Å². The maximum atomic E-state index is 5.41. The van der Waals surface area contributed by atoms with E-state index in [1.165, 1.54) is 31.2 Å². The Bertz CT molecular complexity index is 602. The Labute approximate surface area is 121 Å². The Balaban J connectivity index is 2.13. The van der Waals surface area contributed by atoms with Crippen molar-refractivity contribution in [2.75, 3.05) is 0 Å². The van der Waals surface area contributed by atoms with Gasteiger partial charge in [0.15, 0.2) is 0 Å². The first-order valence-corrected chi connectivity index (χ1v) is 7.34. The number of benzene rings is 1. The molecule has 0 unspecified atom stereocenters. The first kappa shape index (κ1) is 14.4. The molecule has 0 amide bonds. The zero-order chi connectivity index (χ0) is 14.4. The third-order valence-electron chi connectivity index (χ3n) is 3.53. The van der Waals surface area contributed by atoms with Crippen LogP contribution >= 0.6 is 0 Å². The molecule has 0 saturated carbocycles. The quantitative estimate of drug-likeness (QED) is 0.566. The molecule has 2 heteroatoms. The molecular formula is C18H22N2. The zero-order valence-corrected chi connectivity index (χ0v) is 12.4. The maximum absolute atomic E-state index is 5.41. The number of hydrogen-bond acceptors (Lipinski definition) is 1. The van der Waals surface area contributed by atoms with Crippen LogP contribution < -0.4 is 0 Å². The fraction of sp³-hybridized carbons (Fsp3) is 0.389. The molecule has 2 nitrogen and oxygen atoms in total. The van der Waals surface area contributed by atoms with Crippen molar-refractivity contribution in [1.29, 1.82) is 0 Å². The van der Waals surface area contributed by atoms with Gasteiger partial charge in [0, 0.05) is 18.8 Å². The molecule has 20 heavy (non-hydrogen) atoms. The van der Waals surface area contributed by atoms with Crippen LogP contribution in [0.4, 0.5) is 0 Å². The molecule has 1 heterocycles. The minimum atomic E-state index is 0.691. The summed E-state index contributed by atoms with van der Waals surface area (Å²) in [6.07, 6.45) is 13.6. The van der Waals surface area contributed by atoms with Crippen molar-refractivity contribution in [3.05, 3.63) is 41.7 Å². The Morgan fingerprint density at radius 2 is 2.10 bits per heavy atom. The molecule has 0 saturated heterocycles. The number of imidazole rings is 1. The summed E-state index contributed by atoms with van der Waals surface area (Å²) in [4.78, 5) is 4.48. The molecule has 0 aliphatic rings. The summed E-state index contributed by atoms with van der Waals surface area (Å²) in [6, 6.07) is 8.63. The van der Waals surface area contributed by atoms with Crippen molar-refractivity contribution < 1.29 is 0 Å². The van der Waals surface area contributed by atoms with Crippen LogP contribution in [0.25, 0.3) is 11.4 Å². The number of nitrogens with zero attached hydrogens (tertiary/aromatic N) is 2. The van der Waals surface area contributed by atoms with E-state index in [1.807, 2.05) is 17.8 Å². The lowest BCUT2D eigenvalue weighted by atomic mass is 10.0. The first-order chi connectivity index (χ1) is 9.74. The second-order valence-corrected chi connectivity index (χ2v) is 5.22. The van der Waals surface area contributed by atoms with Crippen molar-refractivity contribution in [2.45, 2.75) is 39.0 Å². The Hall–Kier alpha value is -2.01. The lowest BCUT2D eigenvalue weighted by Crippen LogP contribution is -1.93. The van der Waals surface area contributed by atoms with E-state index in [4.69, 9.17) is 6.42 Å². The van der Waals surface area contributed by atoms with Gasteiger partial charge in [0.05, 0.1) is 0 Å². The summed E-state index contributed by atoms with van der Waals surface area (Å²) in [7, 11) is 1.98. The van der Waals surface area contributed by atoms with Gasteiger partial charge in [0.25, 0.3) is 0 Å². The Morgan fingerprint density at radius 3 is 2.80 bits per heavy atom. The average Bonchev–Trinajstić information content (AvgIpc) is 2.85. The topological polar surface area (TPSA) is 17.8 Å². The van der Waals surface area contributed by atoms with Gasteiger partial charge in [-0.05, 0) is 30.4 Å². The predicted molar refractivity (Wildman–Crippen MR) is 84.4 cm³/mol. The van der Waals surface area contributed by atoms with Crippen molar-refractivity contribution >= 4 is 0 Å². The smallest absolute Gasteiger partial charge is 0.141 e. The summed E-state index contributed by atoms with van der Waals surface area (Å²) >= 11 is 0. The van der Waals surface area contributed by atoms with Gasteiger partial charge in [0.2, 0.25) is 0 Å². The molecule has 0 radical (unpaired) electrons. The van der Waals surface area contributed by atoms with Gasteiger partial charge in [-0.15, -0.1) is 6.42 Å². The first-order valence-electron chi connectivity index (χ1n) is 7.34. The van der Waals surface area contributed by atoms with Crippen LogP contribution in [0, 0.1) is 12.3 Å². The predicted octanol–water partition coefficient (Wildman–Crippen LogP) is 4.19. The van der Waals surface area contributed by atoms with Crippen LogP contribution in [0.1, 0.15) is 43.9 Å². The van der Waals surface area contributed by atoms with Crippen LogP contribution in [0.15, 0.2) is 30.5 Å². The SMILES string of the molecule is C#Cc1cn(C)c(-c2cccc(CCCCCC)c2)n1. The number of unbranched alkanes of at least 4 members (excludes halogenated alkanes) is 3. The molecule has 0 aliphatic carbocycles. The fourth-order valence-corrected chi connectivity index (χ4v) is 2.43. The lowest BCUT2D eigenvalue weighted by Gasteiger charge is -2.05. The maximum Gasteiger partial charge on any atom is 0.141 e. The number of rotatable bonds is 6. The largest absolute Gasteiger partial charge is 0.333 e. The number of aryl methyl sites for hydroxylation is 2. The van der Waals surface area contributed by atoms with Gasteiger partial charge >= 0.3 is 0 Å². The van der Waals surface area contributed by atoms with E-state index >= 15 is 0 Å². The summed E-state index contributed by atoms with van der Waals surface area (Å²) < 4.78 is 1.99. The van der Waals surface area contributed by atoms with Gasteiger partial charge in [-0.3, -0.25) is 0 Å². The summed E-state index contributed by atoms with van der Waals surface area (Å²) in [5, 5.41) is 0. The number of aromatic nitrogens is 2. The van der Waals surface area contributed by atoms with Gasteiger partial charge in [-0.1, -0.05) is 44.4 Å². The molecule has 1 aromatic carbocycles. The lowest BCUT2D eigenvalue weighted by molar-refractivity contribution is 0.667. The molecule has 2 aromatic rings. The molecule has 0 atom stereocenters. The second-order valence-electron chi connectivity index (χ2n) is 5.22. The highest BCUT2D eigenvalue weighted by atomic mass is 15.0. The van der Waals surface area contributed by atoms with Crippen LogP contribution in [0.2, 0.25) is 0 Å². The molecule has 0 fully saturated rings. The van der Waals surface area contributed by atoms with Gasteiger partial charge in [0.1, 0.15) is 11.5 Å². The summed E-state index contributed by atoms with van der Waals surface area (Å²) in [5.41, 5.74) is 3.21. The van der Waals surface area contributed by atoms with E-state index < -0.39 is 0 Å². The minimum absolute atomic E-state index is 0.691. The van der Waals surface area contributed by atoms with Gasteiger partial charge in [-0.25, -0.2) is 4.98 Å². The summed E-state index contributed by atoms with van der Waals surface area (Å²) in [5.74, 6) is 3.53. The molecule has 104 valence electrons. The Morgan fingerprint density at radius 1 is 1.25 bits per heavy atom. The third kappa shape index (κ3) is 3.51. The highest BCUT2D eigenvalue weighted by Gasteiger charge is 2.07. The van der Waals surface area contributed by atoms with Crippen molar-refractivity contribution in [1.82, 2.24) is 9.55 Å². The minimum Gasteiger partial charge on any atom is -0.333 e. The molecule has 0 spiro atoms. The van der Waals surface area contributed by atoms with Gasteiger partial charge < -0.3 is 4.57 Å². The van der Waals surface area contributed by atoms with Crippen molar-refractivity contribution in [3.63, 3.8) is 0 Å². The zero-order valence-electron chi connectivity index (χ0n) is 12.4. The van der Waals surface area contributed by atoms with Crippen LogP contribution in [-0.2, 0) is 13.5 Å². The van der Waals surface area contributed by atoms with E-state index in [9.17, 15) is 0 Å². The molecule has 2 rings (SSSR count).